The van der Waals surface area contributed by atoms with Crippen LogP contribution in [0.2, 0.25) is 10.0 Å². The molecule has 6 heteroatoms. The van der Waals surface area contributed by atoms with Crippen molar-refractivity contribution in [1.29, 1.82) is 0 Å². The molecule has 0 unspecified atom stereocenters. The molecule has 2 aromatic rings. The number of amides is 1. The van der Waals surface area contributed by atoms with E-state index in [0.29, 0.717) is 15.7 Å². The van der Waals surface area contributed by atoms with Gasteiger partial charge in [-0.3, -0.25) is 9.69 Å². The Labute approximate surface area is 152 Å². The quantitative estimate of drug-likeness (QED) is 0.865. The Morgan fingerprint density at radius 2 is 2.12 bits per heavy atom. The Bertz CT molecular complexity index is 744. The number of nitrogens with zero attached hydrogens (tertiary/aromatic N) is 2. The number of carbonyl (C=O) groups is 1. The lowest BCUT2D eigenvalue weighted by Crippen LogP contribution is -2.42. The third kappa shape index (κ3) is 3.46. The molecule has 128 valence electrons. The van der Waals surface area contributed by atoms with Crippen molar-refractivity contribution in [3.8, 4) is 0 Å². The van der Waals surface area contributed by atoms with Gasteiger partial charge in [-0.1, -0.05) is 23.2 Å². The normalized spacial score (nSPS) is 19.4. The number of halogens is 2. The van der Waals surface area contributed by atoms with Crippen molar-refractivity contribution < 1.29 is 4.79 Å². The lowest BCUT2D eigenvalue weighted by molar-refractivity contribution is -0.121. The molecule has 1 aliphatic rings. The number of hydrogen-bond donors (Lipinski definition) is 1. The minimum absolute atomic E-state index is 0.0692. The Morgan fingerprint density at radius 3 is 2.83 bits per heavy atom. The van der Waals surface area contributed by atoms with E-state index in [-0.39, 0.29) is 18.0 Å². The fourth-order valence-electron chi connectivity index (χ4n) is 3.37. The number of likely N-dealkylation sites (tertiary alicyclic amines) is 1. The first-order valence-electron chi connectivity index (χ1n) is 8.10. The monoisotopic (exact) mass is 365 g/mol. The first-order chi connectivity index (χ1) is 11.5. The highest BCUT2D eigenvalue weighted by atomic mass is 35.5. The molecule has 2 heterocycles. The summed E-state index contributed by atoms with van der Waals surface area (Å²) in [5.41, 5.74) is 1.79. The highest BCUT2D eigenvalue weighted by Crippen LogP contribution is 2.34. The molecule has 3 rings (SSSR count). The standard InChI is InChI=1S/C18H21Cl2N3O/c1-12(18(24)21-15-11-13(19)7-8-14(15)20)23-10-4-6-17(23)16-5-3-9-22(16)2/h3,5,7-9,11-12,17H,4,6,10H2,1-2H3,(H,21,24)/t12-,17+/m0/s1. The number of benzene rings is 1. The molecule has 24 heavy (non-hydrogen) atoms. The third-order valence-corrected chi connectivity index (χ3v) is 5.25. The lowest BCUT2D eigenvalue weighted by Gasteiger charge is -2.30. The van der Waals surface area contributed by atoms with Crippen LogP contribution >= 0.6 is 23.2 Å². The van der Waals surface area contributed by atoms with Gasteiger partial charge in [0.1, 0.15) is 0 Å². The number of anilines is 1. The zero-order valence-corrected chi connectivity index (χ0v) is 15.3. The van der Waals surface area contributed by atoms with Gasteiger partial charge in [0.25, 0.3) is 0 Å². The number of aromatic nitrogens is 1. The Kier molecular flexibility index (Phi) is 5.18. The van der Waals surface area contributed by atoms with Gasteiger partial charge in [-0.15, -0.1) is 0 Å². The Balaban J connectivity index is 1.75. The SMILES string of the molecule is C[C@@H](C(=O)Nc1cc(Cl)ccc1Cl)N1CCC[C@@H]1c1cccn1C. The topological polar surface area (TPSA) is 37.3 Å². The summed E-state index contributed by atoms with van der Waals surface area (Å²) in [5.74, 6) is -0.0692. The third-order valence-electron chi connectivity index (χ3n) is 4.68. The maximum atomic E-state index is 12.7. The van der Waals surface area contributed by atoms with E-state index in [1.165, 1.54) is 5.69 Å². The molecule has 4 nitrogen and oxygen atoms in total. The van der Waals surface area contributed by atoms with Crippen LogP contribution in [0.25, 0.3) is 0 Å². The van der Waals surface area contributed by atoms with Crippen molar-refractivity contribution in [3.63, 3.8) is 0 Å². The van der Waals surface area contributed by atoms with Crippen molar-refractivity contribution in [1.82, 2.24) is 9.47 Å². The van der Waals surface area contributed by atoms with Crippen LogP contribution in [0.5, 0.6) is 0 Å². The lowest BCUT2D eigenvalue weighted by atomic mass is 10.1. The highest BCUT2D eigenvalue weighted by Gasteiger charge is 2.34. The van der Waals surface area contributed by atoms with E-state index in [4.69, 9.17) is 23.2 Å². The molecular weight excluding hydrogens is 345 g/mol. The second-order valence-corrected chi connectivity index (χ2v) is 7.07. The van der Waals surface area contributed by atoms with Crippen LogP contribution in [0.1, 0.15) is 31.5 Å². The minimum Gasteiger partial charge on any atom is -0.353 e. The first kappa shape index (κ1) is 17.3. The molecule has 1 saturated heterocycles. The molecule has 0 bridgehead atoms. The fraction of sp³-hybridized carbons (Fsp3) is 0.389. The van der Waals surface area contributed by atoms with Crippen molar-refractivity contribution in [2.75, 3.05) is 11.9 Å². The van der Waals surface area contributed by atoms with Crippen LogP contribution in [0.3, 0.4) is 0 Å². The van der Waals surface area contributed by atoms with E-state index < -0.39 is 0 Å². The van der Waals surface area contributed by atoms with Crippen LogP contribution < -0.4 is 5.32 Å². The number of carbonyl (C=O) groups excluding carboxylic acids is 1. The Hall–Kier alpha value is -1.49. The fourth-order valence-corrected chi connectivity index (χ4v) is 3.71. The number of nitrogens with one attached hydrogen (secondary N) is 1. The van der Waals surface area contributed by atoms with Gasteiger partial charge in [-0.2, -0.15) is 0 Å². The first-order valence-corrected chi connectivity index (χ1v) is 8.86. The molecule has 1 fully saturated rings. The molecule has 0 spiro atoms. The van der Waals surface area contributed by atoms with Crippen molar-refractivity contribution in [2.24, 2.45) is 7.05 Å². The van der Waals surface area contributed by atoms with Crippen molar-refractivity contribution in [2.45, 2.75) is 31.8 Å². The molecule has 1 aliphatic heterocycles. The average molecular weight is 366 g/mol. The predicted octanol–water partition coefficient (Wildman–Crippen LogP) is 4.50. The van der Waals surface area contributed by atoms with E-state index in [1.807, 2.05) is 26.2 Å². The second kappa shape index (κ2) is 7.18. The maximum Gasteiger partial charge on any atom is 0.241 e. The summed E-state index contributed by atoms with van der Waals surface area (Å²) >= 11 is 12.1. The smallest absolute Gasteiger partial charge is 0.241 e. The summed E-state index contributed by atoms with van der Waals surface area (Å²) in [6.45, 7) is 2.85. The maximum absolute atomic E-state index is 12.7. The molecule has 1 aromatic carbocycles. The molecular formula is C18H21Cl2N3O. The molecule has 0 saturated carbocycles. The van der Waals surface area contributed by atoms with Gasteiger partial charge in [0.2, 0.25) is 5.91 Å². The number of rotatable bonds is 4. The van der Waals surface area contributed by atoms with Gasteiger partial charge in [0.05, 0.1) is 22.8 Å². The van der Waals surface area contributed by atoms with E-state index in [2.05, 4.69) is 20.9 Å². The summed E-state index contributed by atoms with van der Waals surface area (Å²) in [4.78, 5) is 15.0. The van der Waals surface area contributed by atoms with Crippen LogP contribution in [0, 0.1) is 0 Å². The van der Waals surface area contributed by atoms with Crippen LogP contribution in [-0.2, 0) is 11.8 Å². The van der Waals surface area contributed by atoms with Crippen LogP contribution in [-0.4, -0.2) is 28.0 Å². The van der Waals surface area contributed by atoms with Gasteiger partial charge < -0.3 is 9.88 Å². The van der Waals surface area contributed by atoms with Gasteiger partial charge in [0.15, 0.2) is 0 Å². The summed E-state index contributed by atoms with van der Waals surface area (Å²) in [7, 11) is 2.04. The molecule has 1 N–H and O–H groups in total. The van der Waals surface area contributed by atoms with Crippen molar-refractivity contribution >= 4 is 34.8 Å². The Morgan fingerprint density at radius 1 is 1.33 bits per heavy atom. The summed E-state index contributed by atoms with van der Waals surface area (Å²) in [5, 5.41) is 3.94. The average Bonchev–Trinajstić information content (AvgIpc) is 3.18. The molecule has 1 amide bonds. The van der Waals surface area contributed by atoms with Gasteiger partial charge in [0, 0.05) is 24.0 Å². The van der Waals surface area contributed by atoms with Gasteiger partial charge in [-0.25, -0.2) is 0 Å². The van der Waals surface area contributed by atoms with E-state index in [1.54, 1.807) is 18.2 Å². The summed E-state index contributed by atoms with van der Waals surface area (Å²) in [6.07, 6.45) is 4.20. The largest absolute Gasteiger partial charge is 0.353 e. The van der Waals surface area contributed by atoms with Crippen molar-refractivity contribution in [3.05, 3.63) is 52.3 Å². The molecule has 0 radical (unpaired) electrons. The van der Waals surface area contributed by atoms with Gasteiger partial charge >= 0.3 is 0 Å². The van der Waals surface area contributed by atoms with E-state index in [0.717, 1.165) is 19.4 Å². The van der Waals surface area contributed by atoms with Gasteiger partial charge in [-0.05, 0) is 56.6 Å². The number of aryl methyl sites for hydroxylation is 1. The summed E-state index contributed by atoms with van der Waals surface area (Å²) in [6, 6.07) is 9.25. The second-order valence-electron chi connectivity index (χ2n) is 6.23. The molecule has 2 atom stereocenters. The summed E-state index contributed by atoms with van der Waals surface area (Å²) < 4.78 is 2.13. The zero-order valence-electron chi connectivity index (χ0n) is 13.8. The van der Waals surface area contributed by atoms with Crippen LogP contribution in [0.15, 0.2) is 36.5 Å². The predicted molar refractivity (Wildman–Crippen MR) is 98.6 cm³/mol. The molecule has 0 aliphatic carbocycles. The highest BCUT2D eigenvalue weighted by molar-refractivity contribution is 6.35. The van der Waals surface area contributed by atoms with E-state index in [9.17, 15) is 4.79 Å². The number of hydrogen-bond acceptors (Lipinski definition) is 2. The van der Waals surface area contributed by atoms with Crippen LogP contribution in [0.4, 0.5) is 5.69 Å². The zero-order chi connectivity index (χ0) is 17.3. The molecule has 1 aromatic heterocycles. The van der Waals surface area contributed by atoms with E-state index >= 15 is 0 Å². The minimum atomic E-state index is -0.248.